The molecule has 1 N–H and O–H groups in total. The molecule has 1 aromatic carbocycles. The lowest BCUT2D eigenvalue weighted by molar-refractivity contribution is -0.153. The maximum absolute atomic E-state index is 14.6. The van der Waals surface area contributed by atoms with Crippen molar-refractivity contribution in [3.8, 4) is 0 Å². The molecule has 0 aromatic heterocycles. The molecule has 3 fully saturated rings. The van der Waals surface area contributed by atoms with Crippen LogP contribution in [-0.4, -0.2) is 93.6 Å². The van der Waals surface area contributed by atoms with Crippen molar-refractivity contribution in [2.45, 2.75) is 89.1 Å². The van der Waals surface area contributed by atoms with E-state index in [-0.39, 0.29) is 30.4 Å². The van der Waals surface area contributed by atoms with Crippen LogP contribution in [0.25, 0.3) is 0 Å². The van der Waals surface area contributed by atoms with Crippen molar-refractivity contribution in [1.82, 2.24) is 14.7 Å². The molecule has 7 atom stereocenters. The molecule has 4 rings (SSSR count). The molecule has 3 heterocycles. The quantitative estimate of drug-likeness (QED) is 0.328. The Morgan fingerprint density at radius 3 is 2.46 bits per heavy atom. The first-order valence-electron chi connectivity index (χ1n) is 15.2. The average Bonchev–Trinajstić information content (AvgIpc) is 3.62. The smallest absolute Gasteiger partial charge is 0.248 e. The van der Waals surface area contributed by atoms with Crippen LogP contribution >= 0.6 is 0 Å². The minimum Gasteiger partial charge on any atom is -0.394 e. The summed E-state index contributed by atoms with van der Waals surface area (Å²) in [5.41, 5.74) is -0.152. The highest BCUT2D eigenvalue weighted by molar-refractivity contribution is 5.99. The van der Waals surface area contributed by atoms with Gasteiger partial charge in [0.05, 0.1) is 30.6 Å². The maximum atomic E-state index is 14.6. The summed E-state index contributed by atoms with van der Waals surface area (Å²) < 4.78 is 6.68. The lowest BCUT2D eigenvalue weighted by Gasteiger charge is -2.41. The molecule has 0 radical (unpaired) electrons. The molecule has 3 aliphatic rings. The Labute approximate surface area is 245 Å². The first-order chi connectivity index (χ1) is 19.8. The van der Waals surface area contributed by atoms with E-state index in [1.807, 2.05) is 44.2 Å². The van der Waals surface area contributed by atoms with Gasteiger partial charge in [0.2, 0.25) is 17.7 Å². The maximum Gasteiger partial charge on any atom is 0.248 e. The fourth-order valence-corrected chi connectivity index (χ4v) is 7.47. The third kappa shape index (κ3) is 5.61. The number of likely N-dealkylation sites (tertiary alicyclic amines) is 1. The zero-order chi connectivity index (χ0) is 29.7. The number of hydrogen-bond acceptors (Lipinski definition) is 5. The van der Waals surface area contributed by atoms with Gasteiger partial charge in [-0.2, -0.15) is 0 Å². The number of carbonyl (C=O) groups is 3. The van der Waals surface area contributed by atoms with E-state index in [1.54, 1.807) is 26.9 Å². The van der Waals surface area contributed by atoms with Crippen molar-refractivity contribution in [2.75, 3.05) is 26.2 Å². The number of aliphatic hydroxyl groups is 1. The van der Waals surface area contributed by atoms with E-state index in [9.17, 15) is 19.5 Å². The lowest BCUT2D eigenvalue weighted by Crippen LogP contribution is -2.60. The minimum atomic E-state index is -1.11. The molecule has 8 heteroatoms. The van der Waals surface area contributed by atoms with Gasteiger partial charge in [0.15, 0.2) is 0 Å². The topological polar surface area (TPSA) is 90.4 Å². The van der Waals surface area contributed by atoms with E-state index in [0.29, 0.717) is 38.9 Å². The number of fused-ring (bicyclic) bond motifs is 1. The van der Waals surface area contributed by atoms with Gasteiger partial charge in [0.1, 0.15) is 11.6 Å². The lowest BCUT2D eigenvalue weighted by atomic mass is 9.70. The zero-order valence-corrected chi connectivity index (χ0v) is 24.9. The molecule has 41 heavy (non-hydrogen) atoms. The molecule has 8 nitrogen and oxygen atoms in total. The predicted octanol–water partition coefficient (Wildman–Crippen LogP) is 3.59. The monoisotopic (exact) mass is 565 g/mol. The molecule has 2 bridgehead atoms. The molecule has 3 saturated heterocycles. The molecular weight excluding hydrogens is 518 g/mol. The van der Waals surface area contributed by atoms with Gasteiger partial charge in [-0.1, -0.05) is 62.8 Å². The summed E-state index contributed by atoms with van der Waals surface area (Å²) in [5, 5.41) is 10.7. The Balaban J connectivity index is 1.80. The number of nitrogens with zero attached hydrogens (tertiary/aromatic N) is 3. The molecule has 0 aliphatic carbocycles. The normalized spacial score (nSPS) is 27.8. The van der Waals surface area contributed by atoms with Crippen molar-refractivity contribution in [1.29, 1.82) is 0 Å². The van der Waals surface area contributed by atoms with Crippen LogP contribution in [-0.2, 0) is 25.5 Å². The SMILES string of the molecule is C=CCN(CCC)C(=O)[C@@H]1[C@H]2C(=O)N([C@@H](CO)Cc3ccccc3)C(C(=O)N(CC=C)C(C)CCC)C23CC[C@H]1O3. The fraction of sp³-hybridized carbons (Fsp3) is 0.606. The molecule has 1 aromatic rings. The van der Waals surface area contributed by atoms with Crippen molar-refractivity contribution in [3.05, 3.63) is 61.2 Å². The summed E-state index contributed by atoms with van der Waals surface area (Å²) in [5.74, 6) is -2.02. The van der Waals surface area contributed by atoms with Crippen LogP contribution < -0.4 is 0 Å². The number of aliphatic hydroxyl groups excluding tert-OH is 1. The summed E-state index contributed by atoms with van der Waals surface area (Å²) in [7, 11) is 0. The van der Waals surface area contributed by atoms with Gasteiger partial charge in [0, 0.05) is 25.7 Å². The summed E-state index contributed by atoms with van der Waals surface area (Å²) >= 11 is 0. The van der Waals surface area contributed by atoms with Crippen molar-refractivity contribution >= 4 is 17.7 Å². The number of rotatable bonds is 15. The second-order valence-electron chi connectivity index (χ2n) is 11.8. The van der Waals surface area contributed by atoms with E-state index < -0.39 is 35.6 Å². The van der Waals surface area contributed by atoms with Crippen LogP contribution in [0.4, 0.5) is 0 Å². The Bertz CT molecular complexity index is 1110. The first-order valence-corrected chi connectivity index (χ1v) is 15.2. The third-order valence-electron chi connectivity index (χ3n) is 9.18. The standard InChI is InChI=1S/C33H47N3O5/c1-6-13-23(5)35(20-9-4)32(40)29-33-17-16-26(41-33)27(30(38)34(18-7-2)19-8-3)28(33)31(39)36(29)25(22-37)21-24-14-11-10-12-15-24/h7,9-12,14-15,23,25-29,37H,2,4,6,8,13,16-22H2,1,3,5H3/t23?,25-,26-,27+,28+,29?,33?/m1/s1. The van der Waals surface area contributed by atoms with Crippen LogP contribution in [0.15, 0.2) is 55.6 Å². The number of hydrogen-bond donors (Lipinski definition) is 1. The van der Waals surface area contributed by atoms with E-state index in [0.717, 1.165) is 24.8 Å². The Hall–Kier alpha value is -2.97. The molecular formula is C33H47N3O5. The largest absolute Gasteiger partial charge is 0.394 e. The molecule has 1 spiro atoms. The van der Waals surface area contributed by atoms with Crippen LogP contribution in [0.2, 0.25) is 0 Å². The van der Waals surface area contributed by atoms with Gasteiger partial charge in [-0.3, -0.25) is 14.4 Å². The zero-order valence-electron chi connectivity index (χ0n) is 24.9. The van der Waals surface area contributed by atoms with E-state index in [1.165, 1.54) is 0 Å². The average molecular weight is 566 g/mol. The molecule has 224 valence electrons. The first kappa shape index (κ1) is 31.0. The summed E-state index contributed by atoms with van der Waals surface area (Å²) in [6, 6.07) is 8.05. The fourth-order valence-electron chi connectivity index (χ4n) is 7.47. The van der Waals surface area contributed by atoms with E-state index in [2.05, 4.69) is 20.1 Å². The summed E-state index contributed by atoms with van der Waals surface area (Å²) in [6.07, 6.45) is 7.02. The molecule has 3 aliphatic heterocycles. The number of amides is 3. The van der Waals surface area contributed by atoms with Crippen molar-refractivity contribution in [2.24, 2.45) is 11.8 Å². The highest BCUT2D eigenvalue weighted by atomic mass is 16.5. The van der Waals surface area contributed by atoms with Crippen molar-refractivity contribution < 1.29 is 24.2 Å². The molecule has 3 unspecified atom stereocenters. The van der Waals surface area contributed by atoms with Crippen LogP contribution in [0.3, 0.4) is 0 Å². The second kappa shape index (κ2) is 13.3. The van der Waals surface area contributed by atoms with Crippen molar-refractivity contribution in [3.63, 3.8) is 0 Å². The van der Waals surface area contributed by atoms with Gasteiger partial charge < -0.3 is 24.5 Å². The molecule has 0 saturated carbocycles. The van der Waals surface area contributed by atoms with Crippen LogP contribution in [0.5, 0.6) is 0 Å². The Kier molecular flexibility index (Phi) is 10.1. The Morgan fingerprint density at radius 2 is 1.85 bits per heavy atom. The highest BCUT2D eigenvalue weighted by Crippen LogP contribution is 2.59. The van der Waals surface area contributed by atoms with Gasteiger partial charge >= 0.3 is 0 Å². The third-order valence-corrected chi connectivity index (χ3v) is 9.18. The highest BCUT2D eigenvalue weighted by Gasteiger charge is 2.75. The summed E-state index contributed by atoms with van der Waals surface area (Å²) in [4.78, 5) is 48.3. The van der Waals surface area contributed by atoms with E-state index >= 15 is 0 Å². The van der Waals surface area contributed by atoms with Gasteiger partial charge in [-0.15, -0.1) is 13.2 Å². The Morgan fingerprint density at radius 1 is 1.15 bits per heavy atom. The van der Waals surface area contributed by atoms with Crippen LogP contribution in [0.1, 0.15) is 58.4 Å². The number of carbonyl (C=O) groups excluding carboxylic acids is 3. The predicted molar refractivity (Wildman–Crippen MR) is 159 cm³/mol. The van der Waals surface area contributed by atoms with E-state index in [4.69, 9.17) is 4.74 Å². The summed E-state index contributed by atoms with van der Waals surface area (Å²) in [6.45, 7) is 14.8. The van der Waals surface area contributed by atoms with Gasteiger partial charge in [-0.05, 0) is 44.6 Å². The number of ether oxygens (including phenoxy) is 1. The number of benzene rings is 1. The second-order valence-corrected chi connectivity index (χ2v) is 11.8. The minimum absolute atomic E-state index is 0.0664. The van der Waals surface area contributed by atoms with Gasteiger partial charge in [0.25, 0.3) is 0 Å². The van der Waals surface area contributed by atoms with Crippen LogP contribution in [0, 0.1) is 11.8 Å². The van der Waals surface area contributed by atoms with Gasteiger partial charge in [-0.25, -0.2) is 0 Å². The molecule has 3 amide bonds.